The van der Waals surface area contributed by atoms with Crippen LogP contribution >= 0.6 is 0 Å². The number of nitrogens with zero attached hydrogens (tertiary/aromatic N) is 1. The minimum atomic E-state index is -0.630. The molecule has 1 N–H and O–H groups in total. The van der Waals surface area contributed by atoms with Crippen molar-refractivity contribution in [3.05, 3.63) is 42.0 Å². The molecule has 30 heavy (non-hydrogen) atoms. The molecule has 2 amide bonds. The Morgan fingerprint density at radius 3 is 2.40 bits per heavy atom. The van der Waals surface area contributed by atoms with Crippen LogP contribution in [0.25, 0.3) is 0 Å². The van der Waals surface area contributed by atoms with Gasteiger partial charge in [-0.1, -0.05) is 6.92 Å². The molecule has 0 unspecified atom stereocenters. The summed E-state index contributed by atoms with van der Waals surface area (Å²) in [4.78, 5) is 27.6. The van der Waals surface area contributed by atoms with Crippen molar-refractivity contribution in [1.82, 2.24) is 0 Å². The highest BCUT2D eigenvalue weighted by Crippen LogP contribution is 2.38. The van der Waals surface area contributed by atoms with Gasteiger partial charge in [0.2, 0.25) is 5.91 Å². The van der Waals surface area contributed by atoms with E-state index >= 15 is 0 Å². The van der Waals surface area contributed by atoms with Gasteiger partial charge in [-0.3, -0.25) is 9.59 Å². The fraction of sp³-hybridized carbons (Fsp3) is 0.391. The Hall–Kier alpha value is -3.22. The largest absolute Gasteiger partial charge is 0.497 e. The predicted octanol–water partition coefficient (Wildman–Crippen LogP) is 4.12. The fourth-order valence-electron chi connectivity index (χ4n) is 3.31. The highest BCUT2D eigenvalue weighted by atomic mass is 16.5. The molecular formula is C23H28N2O5. The fourth-order valence-corrected chi connectivity index (χ4v) is 3.31. The molecule has 0 bridgehead atoms. The molecule has 0 fully saturated rings. The van der Waals surface area contributed by atoms with Gasteiger partial charge in [0.05, 0.1) is 25.3 Å². The zero-order valence-electron chi connectivity index (χ0n) is 18.1. The molecule has 0 aromatic heterocycles. The lowest BCUT2D eigenvalue weighted by atomic mass is 9.93. The van der Waals surface area contributed by atoms with Crippen molar-refractivity contribution >= 4 is 23.2 Å². The van der Waals surface area contributed by atoms with E-state index in [4.69, 9.17) is 14.2 Å². The van der Waals surface area contributed by atoms with Crippen LogP contribution < -0.4 is 24.4 Å². The molecular weight excluding hydrogens is 384 g/mol. The van der Waals surface area contributed by atoms with Crippen molar-refractivity contribution in [2.24, 2.45) is 5.41 Å². The molecule has 0 aliphatic carbocycles. The Bertz CT molecular complexity index is 932. The summed E-state index contributed by atoms with van der Waals surface area (Å²) < 4.78 is 16.4. The Labute approximate surface area is 176 Å². The van der Waals surface area contributed by atoms with Gasteiger partial charge in [-0.25, -0.2) is 0 Å². The molecule has 0 saturated heterocycles. The maximum atomic E-state index is 13.0. The summed E-state index contributed by atoms with van der Waals surface area (Å²) in [6.07, 6.45) is 0.807. The van der Waals surface area contributed by atoms with Gasteiger partial charge < -0.3 is 24.4 Å². The van der Waals surface area contributed by atoms with E-state index in [-0.39, 0.29) is 11.8 Å². The molecule has 160 valence electrons. The van der Waals surface area contributed by atoms with Gasteiger partial charge in [-0.15, -0.1) is 0 Å². The highest BCUT2D eigenvalue weighted by molar-refractivity contribution is 6.06. The molecule has 0 saturated carbocycles. The molecule has 1 aliphatic heterocycles. The van der Waals surface area contributed by atoms with Crippen LogP contribution in [-0.2, 0) is 4.79 Å². The van der Waals surface area contributed by atoms with E-state index in [0.29, 0.717) is 47.3 Å². The molecule has 1 heterocycles. The van der Waals surface area contributed by atoms with Crippen LogP contribution in [0.2, 0.25) is 0 Å². The van der Waals surface area contributed by atoms with Crippen LogP contribution in [0.15, 0.2) is 36.4 Å². The zero-order valence-corrected chi connectivity index (χ0v) is 18.1. The summed E-state index contributed by atoms with van der Waals surface area (Å²) in [5, 5.41) is 2.89. The Balaban J connectivity index is 1.92. The second-order valence-corrected chi connectivity index (χ2v) is 7.87. The number of carbonyl (C=O) groups excluding carboxylic acids is 2. The van der Waals surface area contributed by atoms with Crippen LogP contribution in [0.3, 0.4) is 0 Å². The number of nitrogens with one attached hydrogen (secondary N) is 1. The molecule has 2 aromatic carbocycles. The maximum Gasteiger partial charge on any atom is 0.255 e. The van der Waals surface area contributed by atoms with Crippen molar-refractivity contribution in [3.63, 3.8) is 0 Å². The van der Waals surface area contributed by atoms with Crippen LogP contribution in [0.1, 0.15) is 37.6 Å². The van der Waals surface area contributed by atoms with Gasteiger partial charge in [0.25, 0.3) is 5.91 Å². The van der Waals surface area contributed by atoms with E-state index in [0.717, 1.165) is 6.42 Å². The number of methoxy groups -OCH3 is 2. The minimum absolute atomic E-state index is 0.00380. The van der Waals surface area contributed by atoms with E-state index in [9.17, 15) is 9.59 Å². The number of amides is 2. The minimum Gasteiger partial charge on any atom is -0.497 e. The summed E-state index contributed by atoms with van der Waals surface area (Å²) >= 11 is 0. The average molecular weight is 412 g/mol. The van der Waals surface area contributed by atoms with Gasteiger partial charge >= 0.3 is 0 Å². The van der Waals surface area contributed by atoms with E-state index < -0.39 is 5.41 Å². The third-order valence-corrected chi connectivity index (χ3v) is 4.98. The van der Waals surface area contributed by atoms with Crippen molar-refractivity contribution < 1.29 is 23.8 Å². The molecule has 3 rings (SSSR count). The topological polar surface area (TPSA) is 77.1 Å². The van der Waals surface area contributed by atoms with Crippen LogP contribution in [-0.4, -0.2) is 39.2 Å². The normalized spacial score (nSPS) is 15.0. The molecule has 7 nitrogen and oxygen atoms in total. The lowest BCUT2D eigenvalue weighted by Gasteiger charge is -2.27. The van der Waals surface area contributed by atoms with E-state index in [1.54, 1.807) is 41.3 Å². The van der Waals surface area contributed by atoms with Crippen molar-refractivity contribution in [2.45, 2.75) is 27.2 Å². The highest BCUT2D eigenvalue weighted by Gasteiger charge is 2.37. The maximum absolute atomic E-state index is 13.0. The van der Waals surface area contributed by atoms with Crippen LogP contribution in [0, 0.1) is 5.41 Å². The zero-order chi connectivity index (χ0) is 21.9. The van der Waals surface area contributed by atoms with Crippen molar-refractivity contribution in [3.8, 4) is 17.2 Å². The second-order valence-electron chi connectivity index (χ2n) is 7.87. The standard InChI is InChI=1S/C23H28N2O5/c1-6-9-25-19-12-16(7-8-20(19)30-14-23(2,3)22(25)27)24-21(26)15-10-17(28-4)13-18(11-15)29-5/h7-8,10-13H,6,9,14H2,1-5H3,(H,24,26). The number of benzene rings is 2. The first-order chi connectivity index (χ1) is 14.3. The molecule has 0 radical (unpaired) electrons. The molecule has 0 atom stereocenters. The third-order valence-electron chi connectivity index (χ3n) is 4.98. The van der Waals surface area contributed by atoms with E-state index in [1.165, 1.54) is 14.2 Å². The summed E-state index contributed by atoms with van der Waals surface area (Å²) in [6, 6.07) is 10.3. The molecule has 2 aromatic rings. The van der Waals surface area contributed by atoms with Gasteiger partial charge in [0.15, 0.2) is 0 Å². The Morgan fingerprint density at radius 1 is 1.13 bits per heavy atom. The number of fused-ring (bicyclic) bond motifs is 1. The second kappa shape index (κ2) is 8.65. The summed E-state index contributed by atoms with van der Waals surface area (Å²) in [5.74, 6) is 1.37. The first-order valence-corrected chi connectivity index (χ1v) is 9.92. The number of anilines is 2. The first-order valence-electron chi connectivity index (χ1n) is 9.92. The van der Waals surface area contributed by atoms with Crippen molar-refractivity contribution in [1.29, 1.82) is 0 Å². The Kier molecular flexibility index (Phi) is 6.20. The summed E-state index contributed by atoms with van der Waals surface area (Å²) in [7, 11) is 3.06. The number of carbonyl (C=O) groups is 2. The third kappa shape index (κ3) is 4.35. The lowest BCUT2D eigenvalue weighted by molar-refractivity contribution is -0.127. The summed E-state index contributed by atoms with van der Waals surface area (Å²) in [6.45, 7) is 6.65. The van der Waals surface area contributed by atoms with E-state index in [2.05, 4.69) is 5.32 Å². The van der Waals surface area contributed by atoms with Crippen LogP contribution in [0.5, 0.6) is 17.2 Å². The average Bonchev–Trinajstić information content (AvgIpc) is 2.83. The molecule has 7 heteroatoms. The monoisotopic (exact) mass is 412 g/mol. The number of hydrogen-bond donors (Lipinski definition) is 1. The Morgan fingerprint density at radius 2 is 1.80 bits per heavy atom. The van der Waals surface area contributed by atoms with Gasteiger partial charge in [-0.05, 0) is 50.6 Å². The number of hydrogen-bond acceptors (Lipinski definition) is 5. The molecule has 1 aliphatic rings. The van der Waals surface area contributed by atoms with Gasteiger partial charge in [-0.2, -0.15) is 0 Å². The first kappa shape index (κ1) is 21.5. The summed E-state index contributed by atoms with van der Waals surface area (Å²) in [5.41, 5.74) is 1.00. The number of ether oxygens (including phenoxy) is 3. The van der Waals surface area contributed by atoms with E-state index in [1.807, 2.05) is 20.8 Å². The van der Waals surface area contributed by atoms with Gasteiger partial charge in [0.1, 0.15) is 23.9 Å². The predicted molar refractivity (Wildman–Crippen MR) is 116 cm³/mol. The smallest absolute Gasteiger partial charge is 0.255 e. The van der Waals surface area contributed by atoms with Crippen molar-refractivity contribution in [2.75, 3.05) is 37.6 Å². The number of rotatable bonds is 6. The lowest BCUT2D eigenvalue weighted by Crippen LogP contribution is -2.42. The SMILES string of the molecule is CCCN1C(=O)C(C)(C)COc2ccc(NC(=O)c3cc(OC)cc(OC)c3)cc21. The quantitative estimate of drug-likeness (QED) is 0.772. The molecule has 0 spiro atoms. The van der Waals surface area contributed by atoms with Crippen LogP contribution in [0.4, 0.5) is 11.4 Å². The van der Waals surface area contributed by atoms with Gasteiger partial charge in [0, 0.05) is 23.9 Å².